The van der Waals surface area contributed by atoms with Gasteiger partial charge in [0.25, 0.3) is 5.91 Å². The van der Waals surface area contributed by atoms with Gasteiger partial charge in [-0.15, -0.1) is 0 Å². The molecule has 0 aliphatic rings. The van der Waals surface area contributed by atoms with Crippen molar-refractivity contribution in [3.63, 3.8) is 0 Å². The van der Waals surface area contributed by atoms with E-state index in [1.165, 1.54) is 18.3 Å². The highest BCUT2D eigenvalue weighted by atomic mass is 32.2. The molecule has 9 heteroatoms. The normalized spacial score (nSPS) is 11.4. The third-order valence-electron chi connectivity index (χ3n) is 2.45. The maximum atomic E-state index is 12.4. The van der Waals surface area contributed by atoms with E-state index in [4.69, 9.17) is 11.5 Å². The van der Waals surface area contributed by atoms with Crippen LogP contribution in [0.15, 0.2) is 40.6 Å². The third kappa shape index (κ3) is 3.63. The first-order valence-electron chi connectivity index (χ1n) is 5.54. The lowest BCUT2D eigenvalue weighted by Gasteiger charge is -2.07. The lowest BCUT2D eigenvalue weighted by molar-refractivity contribution is -0.137. The number of hydrogen-bond acceptors (Lipinski definition) is 5. The number of primary amides is 1. The molecular weight excluding hydrogens is 305 g/mol. The van der Waals surface area contributed by atoms with Gasteiger partial charge < -0.3 is 11.5 Å². The topological polar surface area (TPSA) is 94.9 Å². The molecule has 110 valence electrons. The van der Waals surface area contributed by atoms with Crippen LogP contribution in [-0.4, -0.2) is 15.9 Å². The maximum Gasteiger partial charge on any atom is 0.417 e. The second-order valence-electron chi connectivity index (χ2n) is 3.96. The second-order valence-corrected chi connectivity index (χ2v) is 5.00. The van der Waals surface area contributed by atoms with Crippen LogP contribution in [0.25, 0.3) is 0 Å². The van der Waals surface area contributed by atoms with Crippen LogP contribution < -0.4 is 11.5 Å². The molecule has 0 saturated carbocycles. The molecule has 0 saturated heterocycles. The van der Waals surface area contributed by atoms with Gasteiger partial charge in [-0.25, -0.2) is 9.97 Å². The van der Waals surface area contributed by atoms with Gasteiger partial charge in [-0.3, -0.25) is 4.79 Å². The Balaban J connectivity index is 2.22. The van der Waals surface area contributed by atoms with Crippen LogP contribution in [0, 0.1) is 0 Å². The second kappa shape index (κ2) is 5.60. The first-order valence-corrected chi connectivity index (χ1v) is 6.35. The number of hydrogen-bond donors (Lipinski definition) is 2. The van der Waals surface area contributed by atoms with Crippen molar-refractivity contribution >= 4 is 23.4 Å². The van der Waals surface area contributed by atoms with E-state index in [9.17, 15) is 18.0 Å². The number of pyridine rings is 2. The van der Waals surface area contributed by atoms with Gasteiger partial charge in [0.15, 0.2) is 0 Å². The zero-order chi connectivity index (χ0) is 15.6. The molecule has 0 aromatic carbocycles. The van der Waals surface area contributed by atoms with Gasteiger partial charge in [0, 0.05) is 6.20 Å². The summed E-state index contributed by atoms with van der Waals surface area (Å²) < 4.78 is 37.2. The van der Waals surface area contributed by atoms with Crippen LogP contribution in [0.5, 0.6) is 0 Å². The van der Waals surface area contributed by atoms with E-state index in [0.717, 1.165) is 24.0 Å². The minimum Gasteiger partial charge on any atom is -0.397 e. The molecular formula is C12H9F3N4OS. The molecule has 2 rings (SSSR count). The van der Waals surface area contributed by atoms with Crippen molar-refractivity contribution < 1.29 is 18.0 Å². The summed E-state index contributed by atoms with van der Waals surface area (Å²) in [7, 11) is 0. The number of carbonyl (C=O) groups excluding carboxylic acids is 1. The molecule has 0 fully saturated rings. The van der Waals surface area contributed by atoms with Crippen molar-refractivity contribution in [2.24, 2.45) is 5.73 Å². The van der Waals surface area contributed by atoms with Crippen LogP contribution in [0.4, 0.5) is 18.9 Å². The van der Waals surface area contributed by atoms with Gasteiger partial charge in [0.2, 0.25) is 0 Å². The Labute approximate surface area is 121 Å². The zero-order valence-electron chi connectivity index (χ0n) is 10.4. The van der Waals surface area contributed by atoms with Crippen LogP contribution in [0.1, 0.15) is 15.9 Å². The molecule has 0 bridgehead atoms. The van der Waals surface area contributed by atoms with Gasteiger partial charge in [-0.2, -0.15) is 13.2 Å². The zero-order valence-corrected chi connectivity index (χ0v) is 11.2. The van der Waals surface area contributed by atoms with E-state index in [-0.39, 0.29) is 11.3 Å². The molecule has 0 aliphatic carbocycles. The summed E-state index contributed by atoms with van der Waals surface area (Å²) >= 11 is 0.994. The van der Waals surface area contributed by atoms with Gasteiger partial charge in [-0.05, 0) is 18.2 Å². The molecule has 4 N–H and O–H groups in total. The smallest absolute Gasteiger partial charge is 0.397 e. The standard InChI is InChI=1S/C12H9F3N4OS/c13-12(14,15)6-1-2-9(18-4-6)21-10-3-7(11(17)20)8(16)5-19-10/h1-5H,16H2,(H2,17,20). The predicted molar refractivity (Wildman–Crippen MR) is 70.5 cm³/mol. The highest BCUT2D eigenvalue weighted by Crippen LogP contribution is 2.31. The number of aromatic nitrogens is 2. The van der Waals surface area contributed by atoms with Crippen LogP contribution in [0.3, 0.4) is 0 Å². The van der Waals surface area contributed by atoms with Gasteiger partial charge in [0.1, 0.15) is 10.1 Å². The number of nitrogen functional groups attached to an aromatic ring is 1. The first kappa shape index (κ1) is 15.1. The number of carbonyl (C=O) groups is 1. The highest BCUT2D eigenvalue weighted by molar-refractivity contribution is 7.99. The SMILES string of the molecule is NC(=O)c1cc(Sc2ccc(C(F)(F)F)cn2)ncc1N. The molecule has 2 heterocycles. The number of anilines is 1. The Bertz CT molecular complexity index is 673. The Morgan fingerprint density at radius 3 is 2.33 bits per heavy atom. The number of nitrogens with zero attached hydrogens (tertiary/aromatic N) is 2. The predicted octanol–water partition coefficient (Wildman–Crippen LogP) is 2.33. The molecule has 0 unspecified atom stereocenters. The van der Waals surface area contributed by atoms with Crippen LogP contribution >= 0.6 is 11.8 Å². The lowest BCUT2D eigenvalue weighted by Crippen LogP contribution is -2.13. The Hall–Kier alpha value is -2.29. The van der Waals surface area contributed by atoms with Crippen molar-refractivity contribution in [3.8, 4) is 0 Å². The fourth-order valence-electron chi connectivity index (χ4n) is 1.43. The Morgan fingerprint density at radius 1 is 1.14 bits per heavy atom. The summed E-state index contributed by atoms with van der Waals surface area (Å²) in [5.74, 6) is -0.711. The highest BCUT2D eigenvalue weighted by Gasteiger charge is 2.30. The maximum absolute atomic E-state index is 12.4. The molecule has 0 aliphatic heterocycles. The van der Waals surface area contributed by atoms with Gasteiger partial charge in [-0.1, -0.05) is 11.8 Å². The van der Waals surface area contributed by atoms with Crippen molar-refractivity contribution in [2.75, 3.05) is 5.73 Å². The van der Waals surface area contributed by atoms with Crippen molar-refractivity contribution in [2.45, 2.75) is 16.2 Å². The Morgan fingerprint density at radius 2 is 1.81 bits per heavy atom. The third-order valence-corrected chi connectivity index (χ3v) is 3.33. The average Bonchev–Trinajstić information content (AvgIpc) is 2.40. The van der Waals surface area contributed by atoms with E-state index in [1.54, 1.807) is 0 Å². The fraction of sp³-hybridized carbons (Fsp3) is 0.0833. The summed E-state index contributed by atoms with van der Waals surface area (Å²) in [5.41, 5.74) is 10.1. The van der Waals surface area contributed by atoms with Gasteiger partial charge >= 0.3 is 6.18 Å². The number of amides is 1. The number of nitrogens with two attached hydrogens (primary N) is 2. The molecule has 2 aromatic rings. The van der Waals surface area contributed by atoms with Crippen LogP contribution in [-0.2, 0) is 6.18 Å². The molecule has 0 radical (unpaired) electrons. The molecule has 0 spiro atoms. The minimum atomic E-state index is -4.44. The summed E-state index contributed by atoms with van der Waals surface area (Å²) in [6.07, 6.45) is -2.45. The molecule has 0 atom stereocenters. The summed E-state index contributed by atoms with van der Waals surface area (Å²) in [6.45, 7) is 0. The number of alkyl halides is 3. The summed E-state index contributed by atoms with van der Waals surface area (Å²) in [4.78, 5) is 18.8. The average molecular weight is 314 g/mol. The lowest BCUT2D eigenvalue weighted by atomic mass is 10.2. The number of rotatable bonds is 3. The van der Waals surface area contributed by atoms with E-state index >= 15 is 0 Å². The van der Waals surface area contributed by atoms with E-state index in [1.807, 2.05) is 0 Å². The monoisotopic (exact) mass is 314 g/mol. The minimum absolute atomic E-state index is 0.0967. The van der Waals surface area contributed by atoms with E-state index in [2.05, 4.69) is 9.97 Å². The van der Waals surface area contributed by atoms with Crippen LogP contribution in [0.2, 0.25) is 0 Å². The van der Waals surface area contributed by atoms with Gasteiger partial charge in [0.05, 0.1) is 23.0 Å². The van der Waals surface area contributed by atoms with E-state index in [0.29, 0.717) is 10.1 Å². The van der Waals surface area contributed by atoms with Crippen molar-refractivity contribution in [1.82, 2.24) is 9.97 Å². The molecule has 21 heavy (non-hydrogen) atoms. The Kier molecular flexibility index (Phi) is 4.03. The largest absolute Gasteiger partial charge is 0.417 e. The first-order chi connectivity index (χ1) is 9.77. The fourth-order valence-corrected chi connectivity index (χ4v) is 2.17. The molecule has 1 amide bonds. The molecule has 5 nitrogen and oxygen atoms in total. The van der Waals surface area contributed by atoms with E-state index < -0.39 is 17.6 Å². The molecule has 2 aromatic heterocycles. The van der Waals surface area contributed by atoms with Crippen molar-refractivity contribution in [1.29, 1.82) is 0 Å². The summed E-state index contributed by atoms with van der Waals surface area (Å²) in [6, 6.07) is 3.50. The van der Waals surface area contributed by atoms with Crippen molar-refractivity contribution in [3.05, 3.63) is 41.7 Å². The number of halogens is 3. The summed E-state index contributed by atoms with van der Waals surface area (Å²) in [5, 5.41) is 0.654. The quantitative estimate of drug-likeness (QED) is 0.906.